The van der Waals surface area contributed by atoms with E-state index in [9.17, 15) is 0 Å². The number of imidazole rings is 1. The molecule has 3 rings (SSSR count). The number of aromatic nitrogens is 2. The monoisotopic (exact) mass is 201 g/mol. The van der Waals surface area contributed by atoms with Gasteiger partial charge < -0.3 is 5.32 Å². The maximum absolute atomic E-state index is 4.26. The van der Waals surface area contributed by atoms with Crippen molar-refractivity contribution in [3.8, 4) is 0 Å². The van der Waals surface area contributed by atoms with Crippen molar-refractivity contribution in [2.45, 2.75) is 13.3 Å². The smallest absolute Gasteiger partial charge is 0.138 e. The maximum Gasteiger partial charge on any atom is 0.138 e. The molecule has 15 heavy (non-hydrogen) atoms. The minimum atomic E-state index is 0.865. The molecular formula is C12H15N3. The summed E-state index contributed by atoms with van der Waals surface area (Å²) in [5, 5.41) is 3.49. The van der Waals surface area contributed by atoms with Crippen LogP contribution in [0.5, 0.6) is 0 Å². The maximum atomic E-state index is 4.26. The second-order valence-electron chi connectivity index (χ2n) is 4.42. The van der Waals surface area contributed by atoms with Gasteiger partial charge in [0.2, 0.25) is 0 Å². The summed E-state index contributed by atoms with van der Waals surface area (Å²) in [4.78, 5) is 4.26. The van der Waals surface area contributed by atoms with Crippen LogP contribution in [0.2, 0.25) is 0 Å². The topological polar surface area (TPSA) is 29.3 Å². The molecule has 1 N–H and O–H groups in total. The van der Waals surface area contributed by atoms with Crippen LogP contribution >= 0.6 is 0 Å². The first kappa shape index (κ1) is 8.77. The van der Waals surface area contributed by atoms with Gasteiger partial charge in [0.1, 0.15) is 11.5 Å². The van der Waals surface area contributed by atoms with E-state index in [1.165, 1.54) is 6.42 Å². The number of fused-ring (bicyclic) bond motifs is 1. The highest BCUT2D eigenvalue weighted by Crippen LogP contribution is 2.37. The molecule has 1 fully saturated rings. The van der Waals surface area contributed by atoms with Gasteiger partial charge in [-0.1, -0.05) is 13.0 Å². The van der Waals surface area contributed by atoms with Gasteiger partial charge in [0.25, 0.3) is 0 Å². The highest BCUT2D eigenvalue weighted by atomic mass is 15.1. The van der Waals surface area contributed by atoms with Gasteiger partial charge in [-0.15, -0.1) is 0 Å². The van der Waals surface area contributed by atoms with Crippen molar-refractivity contribution in [1.29, 1.82) is 0 Å². The van der Waals surface area contributed by atoms with Gasteiger partial charge in [0.15, 0.2) is 0 Å². The summed E-state index contributed by atoms with van der Waals surface area (Å²) >= 11 is 0. The molecule has 2 aromatic heterocycles. The minimum Gasteiger partial charge on any atom is -0.371 e. The van der Waals surface area contributed by atoms with Gasteiger partial charge in [-0.3, -0.25) is 4.40 Å². The standard InChI is InChI=1S/C12H15N3/c1-9-7-10(9)8-14-12-4-2-3-11-13-5-6-15(11)12/h2-6,9-10,14H,7-8H2,1H3. The highest BCUT2D eigenvalue weighted by Gasteiger charge is 2.31. The number of pyridine rings is 1. The molecule has 2 heterocycles. The van der Waals surface area contributed by atoms with Gasteiger partial charge in [0, 0.05) is 18.9 Å². The summed E-state index contributed by atoms with van der Waals surface area (Å²) < 4.78 is 2.09. The van der Waals surface area contributed by atoms with E-state index in [0.29, 0.717) is 0 Å². The molecule has 0 amide bonds. The van der Waals surface area contributed by atoms with Crippen LogP contribution in [0, 0.1) is 11.8 Å². The largest absolute Gasteiger partial charge is 0.371 e. The van der Waals surface area contributed by atoms with Gasteiger partial charge in [-0.05, 0) is 30.4 Å². The Balaban J connectivity index is 1.81. The first-order chi connectivity index (χ1) is 7.34. The average molecular weight is 201 g/mol. The van der Waals surface area contributed by atoms with Gasteiger partial charge in [0.05, 0.1) is 0 Å². The Bertz CT molecular complexity index is 474. The van der Waals surface area contributed by atoms with Crippen LogP contribution in [0.15, 0.2) is 30.6 Å². The lowest BCUT2D eigenvalue weighted by molar-refractivity contribution is 0.783. The predicted octanol–water partition coefficient (Wildman–Crippen LogP) is 2.40. The quantitative estimate of drug-likeness (QED) is 0.826. The fourth-order valence-electron chi connectivity index (χ4n) is 2.01. The van der Waals surface area contributed by atoms with Crippen molar-refractivity contribution in [2.75, 3.05) is 11.9 Å². The van der Waals surface area contributed by atoms with Crippen molar-refractivity contribution >= 4 is 11.5 Å². The van der Waals surface area contributed by atoms with E-state index in [2.05, 4.69) is 27.7 Å². The van der Waals surface area contributed by atoms with Crippen LogP contribution in [-0.2, 0) is 0 Å². The number of rotatable bonds is 3. The molecule has 1 aliphatic rings. The molecule has 78 valence electrons. The molecule has 2 unspecified atom stereocenters. The van der Waals surface area contributed by atoms with Crippen molar-refractivity contribution in [2.24, 2.45) is 11.8 Å². The second kappa shape index (κ2) is 3.26. The van der Waals surface area contributed by atoms with Crippen molar-refractivity contribution in [3.63, 3.8) is 0 Å². The summed E-state index contributed by atoms with van der Waals surface area (Å²) in [5.41, 5.74) is 1.00. The van der Waals surface area contributed by atoms with Crippen LogP contribution in [0.4, 0.5) is 5.82 Å². The zero-order valence-electron chi connectivity index (χ0n) is 8.85. The SMILES string of the molecule is CC1CC1CNc1cccc2nccn12. The Labute approximate surface area is 89.1 Å². The molecule has 3 nitrogen and oxygen atoms in total. The summed E-state index contributed by atoms with van der Waals surface area (Å²) in [6.07, 6.45) is 5.20. The van der Waals surface area contributed by atoms with E-state index >= 15 is 0 Å². The molecular weight excluding hydrogens is 186 g/mol. The van der Waals surface area contributed by atoms with Crippen molar-refractivity contribution in [1.82, 2.24) is 9.38 Å². The molecule has 0 spiro atoms. The van der Waals surface area contributed by atoms with Gasteiger partial charge in [-0.2, -0.15) is 0 Å². The van der Waals surface area contributed by atoms with Crippen LogP contribution in [0.3, 0.4) is 0 Å². The summed E-state index contributed by atoms with van der Waals surface area (Å²) in [5.74, 6) is 2.91. The first-order valence-corrected chi connectivity index (χ1v) is 5.50. The molecule has 3 heteroatoms. The molecule has 0 radical (unpaired) electrons. The molecule has 0 aliphatic heterocycles. The zero-order chi connectivity index (χ0) is 10.3. The molecule has 0 bridgehead atoms. The normalized spacial score (nSPS) is 24.3. The lowest BCUT2D eigenvalue weighted by Gasteiger charge is -2.07. The predicted molar refractivity (Wildman–Crippen MR) is 61.0 cm³/mol. The Morgan fingerprint density at radius 3 is 3.20 bits per heavy atom. The summed E-state index contributed by atoms with van der Waals surface area (Å²) in [6.45, 7) is 3.39. The van der Waals surface area contributed by atoms with Gasteiger partial charge in [-0.25, -0.2) is 4.98 Å². The van der Waals surface area contributed by atoms with Crippen LogP contribution < -0.4 is 5.32 Å². The fourth-order valence-corrected chi connectivity index (χ4v) is 2.01. The highest BCUT2D eigenvalue weighted by molar-refractivity contribution is 5.49. The number of nitrogens with zero attached hydrogens (tertiary/aromatic N) is 2. The number of nitrogens with one attached hydrogen (secondary N) is 1. The molecule has 0 aromatic carbocycles. The van der Waals surface area contributed by atoms with Crippen LogP contribution in [-0.4, -0.2) is 15.9 Å². The molecule has 2 aromatic rings. The molecule has 0 saturated heterocycles. The lowest BCUT2D eigenvalue weighted by Crippen LogP contribution is -2.07. The Morgan fingerprint density at radius 1 is 1.53 bits per heavy atom. The Morgan fingerprint density at radius 2 is 2.40 bits per heavy atom. The molecule has 2 atom stereocenters. The van der Waals surface area contributed by atoms with E-state index < -0.39 is 0 Å². The van der Waals surface area contributed by atoms with Gasteiger partial charge >= 0.3 is 0 Å². The zero-order valence-corrected chi connectivity index (χ0v) is 8.85. The van der Waals surface area contributed by atoms with E-state index in [4.69, 9.17) is 0 Å². The number of anilines is 1. The number of hydrogen-bond donors (Lipinski definition) is 1. The Hall–Kier alpha value is -1.51. The third kappa shape index (κ3) is 1.58. The second-order valence-corrected chi connectivity index (χ2v) is 4.42. The van der Waals surface area contributed by atoms with E-state index in [1.54, 1.807) is 0 Å². The third-order valence-electron chi connectivity index (χ3n) is 3.25. The van der Waals surface area contributed by atoms with Crippen molar-refractivity contribution < 1.29 is 0 Å². The third-order valence-corrected chi connectivity index (χ3v) is 3.25. The minimum absolute atomic E-state index is 0.865. The molecule has 1 saturated carbocycles. The lowest BCUT2D eigenvalue weighted by atomic mass is 10.3. The van der Waals surface area contributed by atoms with E-state index in [-0.39, 0.29) is 0 Å². The average Bonchev–Trinajstić information content (AvgIpc) is 2.78. The van der Waals surface area contributed by atoms with E-state index in [0.717, 1.165) is 29.8 Å². The van der Waals surface area contributed by atoms with Crippen LogP contribution in [0.25, 0.3) is 5.65 Å². The number of hydrogen-bond acceptors (Lipinski definition) is 2. The summed E-state index contributed by atoms with van der Waals surface area (Å²) in [6, 6.07) is 6.16. The summed E-state index contributed by atoms with van der Waals surface area (Å²) in [7, 11) is 0. The van der Waals surface area contributed by atoms with Crippen molar-refractivity contribution in [3.05, 3.63) is 30.6 Å². The van der Waals surface area contributed by atoms with E-state index in [1.807, 2.05) is 24.5 Å². The van der Waals surface area contributed by atoms with Crippen LogP contribution in [0.1, 0.15) is 13.3 Å². The molecule has 1 aliphatic carbocycles. The fraction of sp³-hybridized carbons (Fsp3) is 0.417. The first-order valence-electron chi connectivity index (χ1n) is 5.50. The Kier molecular flexibility index (Phi) is 1.91.